The molecule has 2 aromatic rings. The fraction of sp³-hybridized carbons (Fsp3) is 0.333. The Balaban J connectivity index is 2.43. The van der Waals surface area contributed by atoms with Crippen LogP contribution in [-0.2, 0) is 16.6 Å². The van der Waals surface area contributed by atoms with Crippen LogP contribution in [0, 0.1) is 0 Å². The summed E-state index contributed by atoms with van der Waals surface area (Å²) in [5, 5.41) is 1.93. The van der Waals surface area contributed by atoms with Crippen LogP contribution in [0.15, 0.2) is 40.6 Å². The second-order valence-corrected chi connectivity index (χ2v) is 7.47. The highest BCUT2D eigenvalue weighted by atomic mass is 32.2. The third-order valence-corrected chi connectivity index (χ3v) is 6.06. The Morgan fingerprint density at radius 2 is 1.95 bits per heavy atom. The molecule has 0 bridgehead atoms. The summed E-state index contributed by atoms with van der Waals surface area (Å²) in [5.74, 6) is 0.789. The maximum atomic E-state index is 12.9. The molecule has 0 aliphatic heterocycles. The Morgan fingerprint density at radius 3 is 2.50 bits per heavy atom. The van der Waals surface area contributed by atoms with Gasteiger partial charge in [-0.25, -0.2) is 8.42 Å². The van der Waals surface area contributed by atoms with Crippen LogP contribution in [0.5, 0.6) is 11.5 Å². The van der Waals surface area contributed by atoms with Gasteiger partial charge in [0, 0.05) is 24.0 Å². The normalized spacial score (nSPS) is 11.6. The van der Waals surface area contributed by atoms with Crippen LogP contribution in [0.4, 0.5) is 0 Å². The molecular weight excluding hydrogens is 322 g/mol. The van der Waals surface area contributed by atoms with E-state index in [1.807, 2.05) is 24.4 Å². The minimum absolute atomic E-state index is 0.118. The molecule has 7 heteroatoms. The van der Waals surface area contributed by atoms with Crippen molar-refractivity contribution < 1.29 is 17.9 Å². The van der Waals surface area contributed by atoms with Gasteiger partial charge < -0.3 is 9.47 Å². The molecule has 0 aliphatic carbocycles. The number of rotatable bonds is 7. The van der Waals surface area contributed by atoms with Gasteiger partial charge in [0.2, 0.25) is 10.0 Å². The summed E-state index contributed by atoms with van der Waals surface area (Å²) >= 11 is 1.53. The molecule has 2 rings (SSSR count). The smallest absolute Gasteiger partial charge is 0.247 e. The molecule has 0 spiro atoms. The Hall–Kier alpha value is -1.57. The van der Waals surface area contributed by atoms with Crippen LogP contribution >= 0.6 is 11.3 Å². The van der Waals surface area contributed by atoms with E-state index in [2.05, 4.69) is 0 Å². The number of benzene rings is 1. The van der Waals surface area contributed by atoms with Gasteiger partial charge in [-0.3, -0.25) is 0 Å². The van der Waals surface area contributed by atoms with Crippen LogP contribution in [0.25, 0.3) is 0 Å². The molecular formula is C15H19NO4S2. The lowest BCUT2D eigenvalue weighted by atomic mass is 10.3. The summed E-state index contributed by atoms with van der Waals surface area (Å²) in [5.41, 5.74) is 0. The van der Waals surface area contributed by atoms with Gasteiger partial charge in [-0.15, -0.1) is 11.3 Å². The van der Waals surface area contributed by atoms with E-state index in [0.717, 1.165) is 4.88 Å². The van der Waals surface area contributed by atoms with E-state index in [1.54, 1.807) is 12.1 Å². The van der Waals surface area contributed by atoms with E-state index >= 15 is 0 Å². The zero-order valence-electron chi connectivity index (χ0n) is 12.8. The molecule has 0 amide bonds. The second kappa shape index (κ2) is 7.13. The molecule has 0 aliphatic rings. The Labute approximate surface area is 135 Å². The van der Waals surface area contributed by atoms with E-state index < -0.39 is 10.0 Å². The van der Waals surface area contributed by atoms with Gasteiger partial charge in [0.1, 0.15) is 16.4 Å². The predicted octanol–water partition coefficient (Wildman–Crippen LogP) is 2.98. The van der Waals surface area contributed by atoms with Crippen molar-refractivity contribution in [1.82, 2.24) is 4.31 Å². The van der Waals surface area contributed by atoms with Crippen molar-refractivity contribution in [3.63, 3.8) is 0 Å². The van der Waals surface area contributed by atoms with Crippen LogP contribution < -0.4 is 9.47 Å². The van der Waals surface area contributed by atoms with Gasteiger partial charge >= 0.3 is 0 Å². The zero-order chi connectivity index (χ0) is 16.2. The monoisotopic (exact) mass is 341 g/mol. The summed E-state index contributed by atoms with van der Waals surface area (Å²) in [4.78, 5) is 1.11. The van der Waals surface area contributed by atoms with Crippen LogP contribution in [-0.4, -0.2) is 33.5 Å². The average Bonchev–Trinajstić information content (AvgIpc) is 3.04. The molecule has 1 heterocycles. The summed E-state index contributed by atoms with van der Waals surface area (Å²) in [6.07, 6.45) is 0. The third kappa shape index (κ3) is 3.43. The Bertz CT molecular complexity index is 711. The fourth-order valence-electron chi connectivity index (χ4n) is 2.07. The van der Waals surface area contributed by atoms with Crippen molar-refractivity contribution in [2.24, 2.45) is 0 Å². The van der Waals surface area contributed by atoms with Crippen LogP contribution in [0.1, 0.15) is 11.8 Å². The average molecular weight is 341 g/mol. The molecule has 0 saturated heterocycles. The number of nitrogens with zero attached hydrogens (tertiary/aromatic N) is 1. The largest absolute Gasteiger partial charge is 0.497 e. The molecule has 120 valence electrons. The van der Waals surface area contributed by atoms with Crippen molar-refractivity contribution in [3.05, 3.63) is 40.6 Å². The van der Waals surface area contributed by atoms with Crippen molar-refractivity contribution in [2.75, 3.05) is 20.8 Å². The molecule has 0 fully saturated rings. The van der Waals surface area contributed by atoms with E-state index in [-0.39, 0.29) is 4.90 Å². The van der Waals surface area contributed by atoms with Gasteiger partial charge in [-0.2, -0.15) is 4.31 Å². The van der Waals surface area contributed by atoms with E-state index in [9.17, 15) is 8.42 Å². The lowest BCUT2D eigenvalue weighted by Crippen LogP contribution is -2.30. The SMILES string of the molecule is CCN(Cc1cccs1)S(=O)(=O)c1cc(OC)ccc1OC. The number of hydrogen-bond acceptors (Lipinski definition) is 5. The number of methoxy groups -OCH3 is 2. The highest BCUT2D eigenvalue weighted by Crippen LogP contribution is 2.31. The third-order valence-electron chi connectivity index (χ3n) is 3.25. The van der Waals surface area contributed by atoms with E-state index in [0.29, 0.717) is 24.6 Å². The maximum Gasteiger partial charge on any atom is 0.247 e. The molecule has 1 aromatic carbocycles. The molecule has 0 radical (unpaired) electrons. The van der Waals surface area contributed by atoms with Crippen molar-refractivity contribution in [3.8, 4) is 11.5 Å². The highest BCUT2D eigenvalue weighted by molar-refractivity contribution is 7.89. The maximum absolute atomic E-state index is 12.9. The number of thiophene rings is 1. The molecule has 0 atom stereocenters. The van der Waals surface area contributed by atoms with Crippen molar-refractivity contribution in [1.29, 1.82) is 0 Å². The van der Waals surface area contributed by atoms with Gasteiger partial charge in [-0.1, -0.05) is 13.0 Å². The summed E-state index contributed by atoms with van der Waals surface area (Å²) in [7, 11) is -0.711. The molecule has 22 heavy (non-hydrogen) atoms. The molecule has 0 unspecified atom stereocenters. The minimum Gasteiger partial charge on any atom is -0.497 e. The van der Waals surface area contributed by atoms with Crippen molar-refractivity contribution in [2.45, 2.75) is 18.4 Å². The van der Waals surface area contributed by atoms with Gasteiger partial charge in [0.05, 0.1) is 14.2 Å². The lowest BCUT2D eigenvalue weighted by Gasteiger charge is -2.21. The molecule has 0 N–H and O–H groups in total. The van der Waals surface area contributed by atoms with Gasteiger partial charge in [-0.05, 0) is 23.6 Å². The van der Waals surface area contributed by atoms with Crippen LogP contribution in [0.2, 0.25) is 0 Å². The number of hydrogen-bond donors (Lipinski definition) is 0. The Morgan fingerprint density at radius 1 is 1.18 bits per heavy atom. The van der Waals surface area contributed by atoms with E-state index in [4.69, 9.17) is 9.47 Å². The topological polar surface area (TPSA) is 55.8 Å². The zero-order valence-corrected chi connectivity index (χ0v) is 14.4. The molecule has 5 nitrogen and oxygen atoms in total. The summed E-state index contributed by atoms with van der Waals surface area (Å²) < 4.78 is 37.6. The quantitative estimate of drug-likeness (QED) is 0.777. The van der Waals surface area contributed by atoms with Gasteiger partial charge in [0.15, 0.2) is 0 Å². The first-order valence-electron chi connectivity index (χ1n) is 6.77. The van der Waals surface area contributed by atoms with Crippen LogP contribution in [0.3, 0.4) is 0 Å². The standard InChI is InChI=1S/C15H19NO4S2/c1-4-16(11-13-6-5-9-21-13)22(17,18)15-10-12(19-2)7-8-14(15)20-3/h5-10H,4,11H2,1-3H3. The number of ether oxygens (including phenoxy) is 2. The fourth-order valence-corrected chi connectivity index (χ4v) is 4.47. The Kier molecular flexibility index (Phi) is 5.44. The number of sulfonamides is 1. The first-order valence-corrected chi connectivity index (χ1v) is 9.09. The predicted molar refractivity (Wildman–Crippen MR) is 87.1 cm³/mol. The highest BCUT2D eigenvalue weighted by Gasteiger charge is 2.27. The molecule has 1 aromatic heterocycles. The molecule has 0 saturated carbocycles. The summed E-state index contributed by atoms with van der Waals surface area (Å²) in [6, 6.07) is 8.60. The van der Waals surface area contributed by atoms with E-state index in [1.165, 1.54) is 35.9 Å². The lowest BCUT2D eigenvalue weighted by molar-refractivity contribution is 0.384. The summed E-state index contributed by atoms with van der Waals surface area (Å²) in [6.45, 7) is 2.54. The first-order chi connectivity index (χ1) is 10.5. The van der Waals surface area contributed by atoms with Gasteiger partial charge in [0.25, 0.3) is 0 Å². The first kappa shape index (κ1) is 16.8. The van der Waals surface area contributed by atoms with Crippen molar-refractivity contribution >= 4 is 21.4 Å². The minimum atomic E-state index is -3.67. The second-order valence-electron chi connectivity index (χ2n) is 4.53.